The number of rotatable bonds is 1. The largest absolute Gasteiger partial charge is 0.444 e. The van der Waals surface area contributed by atoms with Crippen LogP contribution < -0.4 is 5.73 Å². The summed E-state index contributed by atoms with van der Waals surface area (Å²) in [5, 5.41) is 0. The maximum Gasteiger partial charge on any atom is 0.181 e. The van der Waals surface area contributed by atoms with Crippen LogP contribution in [-0.4, -0.2) is 4.98 Å². The third-order valence-electron chi connectivity index (χ3n) is 2.31. The molecule has 2 N–H and O–H groups in total. The molecule has 0 bridgehead atoms. The Morgan fingerprint density at radius 1 is 1.21 bits per heavy atom. The number of aromatic nitrogens is 1. The van der Waals surface area contributed by atoms with Crippen molar-refractivity contribution in [1.29, 1.82) is 0 Å². The third-order valence-corrected chi connectivity index (χ3v) is 2.31. The van der Waals surface area contributed by atoms with Gasteiger partial charge in [0.05, 0.1) is 6.20 Å². The SMILES string of the molecule is Cc1cc(-c2cnco2)cc(C)c1N. The van der Waals surface area contributed by atoms with E-state index in [-0.39, 0.29) is 0 Å². The van der Waals surface area contributed by atoms with E-state index in [0.29, 0.717) is 0 Å². The van der Waals surface area contributed by atoms with Gasteiger partial charge in [0.15, 0.2) is 12.2 Å². The van der Waals surface area contributed by atoms with E-state index in [4.69, 9.17) is 10.2 Å². The van der Waals surface area contributed by atoms with Crippen molar-refractivity contribution in [3.05, 3.63) is 35.9 Å². The van der Waals surface area contributed by atoms with Gasteiger partial charge in [0.1, 0.15) is 0 Å². The summed E-state index contributed by atoms with van der Waals surface area (Å²) in [7, 11) is 0. The lowest BCUT2D eigenvalue weighted by Gasteiger charge is -2.06. The van der Waals surface area contributed by atoms with E-state index >= 15 is 0 Å². The predicted molar refractivity (Wildman–Crippen MR) is 55.8 cm³/mol. The van der Waals surface area contributed by atoms with Crippen LogP contribution >= 0.6 is 0 Å². The van der Waals surface area contributed by atoms with E-state index in [1.165, 1.54) is 6.39 Å². The Labute approximate surface area is 82.6 Å². The van der Waals surface area contributed by atoms with Gasteiger partial charge in [0.2, 0.25) is 0 Å². The number of hydrogen-bond acceptors (Lipinski definition) is 3. The molecule has 0 spiro atoms. The maximum absolute atomic E-state index is 5.86. The van der Waals surface area contributed by atoms with Gasteiger partial charge in [-0.15, -0.1) is 0 Å². The zero-order valence-electron chi connectivity index (χ0n) is 8.24. The zero-order chi connectivity index (χ0) is 10.1. The van der Waals surface area contributed by atoms with Crippen LogP contribution in [0.1, 0.15) is 11.1 Å². The molecule has 0 saturated carbocycles. The van der Waals surface area contributed by atoms with Gasteiger partial charge < -0.3 is 10.2 Å². The van der Waals surface area contributed by atoms with E-state index in [1.54, 1.807) is 6.20 Å². The molecule has 0 fully saturated rings. The van der Waals surface area contributed by atoms with Crippen LogP contribution in [0, 0.1) is 13.8 Å². The first-order valence-corrected chi connectivity index (χ1v) is 4.44. The van der Waals surface area contributed by atoms with Crippen LogP contribution in [-0.2, 0) is 0 Å². The van der Waals surface area contributed by atoms with Gasteiger partial charge in [-0.3, -0.25) is 0 Å². The Bertz CT molecular complexity index is 423. The number of aryl methyl sites for hydroxylation is 2. The van der Waals surface area contributed by atoms with Gasteiger partial charge in [0.25, 0.3) is 0 Å². The molecule has 0 aliphatic heterocycles. The highest BCUT2D eigenvalue weighted by Crippen LogP contribution is 2.25. The molecule has 0 unspecified atom stereocenters. The van der Waals surface area contributed by atoms with Gasteiger partial charge in [-0.2, -0.15) is 0 Å². The number of nitrogen functional groups attached to an aromatic ring is 1. The predicted octanol–water partition coefficient (Wildman–Crippen LogP) is 2.54. The number of anilines is 1. The van der Waals surface area contributed by atoms with Crippen LogP contribution in [0.5, 0.6) is 0 Å². The summed E-state index contributed by atoms with van der Waals surface area (Å²) < 4.78 is 5.22. The monoisotopic (exact) mass is 188 g/mol. The zero-order valence-corrected chi connectivity index (χ0v) is 8.24. The minimum absolute atomic E-state index is 0.774. The molecule has 1 heterocycles. The smallest absolute Gasteiger partial charge is 0.181 e. The summed E-state index contributed by atoms with van der Waals surface area (Å²) in [6, 6.07) is 4.01. The van der Waals surface area contributed by atoms with Crippen molar-refractivity contribution >= 4 is 5.69 Å². The second-order valence-corrected chi connectivity index (χ2v) is 3.39. The molecular formula is C11H12N2O. The van der Waals surface area contributed by atoms with Gasteiger partial charge in [-0.05, 0) is 37.1 Å². The average Bonchev–Trinajstić information content (AvgIpc) is 2.66. The molecule has 0 amide bonds. The number of nitrogens with zero attached hydrogens (tertiary/aromatic N) is 1. The van der Waals surface area contributed by atoms with Gasteiger partial charge in [-0.1, -0.05) is 0 Å². The van der Waals surface area contributed by atoms with E-state index < -0.39 is 0 Å². The summed E-state index contributed by atoms with van der Waals surface area (Å²) in [4.78, 5) is 3.88. The topological polar surface area (TPSA) is 52.0 Å². The highest BCUT2D eigenvalue weighted by Gasteiger charge is 2.05. The quantitative estimate of drug-likeness (QED) is 0.699. The average molecular weight is 188 g/mol. The lowest BCUT2D eigenvalue weighted by molar-refractivity contribution is 0.572. The summed E-state index contributed by atoms with van der Waals surface area (Å²) >= 11 is 0. The second-order valence-electron chi connectivity index (χ2n) is 3.39. The molecular weight excluding hydrogens is 176 g/mol. The van der Waals surface area contributed by atoms with Crippen molar-refractivity contribution < 1.29 is 4.42 Å². The Morgan fingerprint density at radius 2 is 1.86 bits per heavy atom. The maximum atomic E-state index is 5.86. The molecule has 2 rings (SSSR count). The standard InChI is InChI=1S/C11H12N2O/c1-7-3-9(4-8(2)11(7)12)10-5-13-6-14-10/h3-6H,12H2,1-2H3. The molecule has 2 aromatic rings. The summed E-state index contributed by atoms with van der Waals surface area (Å²) in [5.74, 6) is 0.774. The molecule has 1 aromatic carbocycles. The van der Waals surface area contributed by atoms with Crippen LogP contribution in [0.15, 0.2) is 29.1 Å². The first-order valence-electron chi connectivity index (χ1n) is 4.44. The first kappa shape index (κ1) is 8.81. The van der Waals surface area contributed by atoms with Crippen molar-refractivity contribution in [1.82, 2.24) is 4.98 Å². The van der Waals surface area contributed by atoms with E-state index in [0.717, 1.165) is 28.1 Å². The molecule has 3 heteroatoms. The Morgan fingerprint density at radius 3 is 2.36 bits per heavy atom. The second kappa shape index (κ2) is 3.18. The summed E-state index contributed by atoms with van der Waals surface area (Å²) in [6.45, 7) is 3.98. The molecule has 3 nitrogen and oxygen atoms in total. The van der Waals surface area contributed by atoms with Gasteiger partial charge >= 0.3 is 0 Å². The van der Waals surface area contributed by atoms with Crippen molar-refractivity contribution in [2.75, 3.05) is 5.73 Å². The third kappa shape index (κ3) is 1.37. The van der Waals surface area contributed by atoms with Gasteiger partial charge in [-0.25, -0.2) is 4.98 Å². The van der Waals surface area contributed by atoms with Crippen LogP contribution in [0.25, 0.3) is 11.3 Å². The molecule has 0 aliphatic carbocycles. The molecule has 72 valence electrons. The van der Waals surface area contributed by atoms with Crippen molar-refractivity contribution in [3.8, 4) is 11.3 Å². The minimum atomic E-state index is 0.774. The van der Waals surface area contributed by atoms with Crippen LogP contribution in [0.4, 0.5) is 5.69 Å². The molecule has 0 radical (unpaired) electrons. The Balaban J connectivity index is 2.57. The number of benzene rings is 1. The minimum Gasteiger partial charge on any atom is -0.444 e. The lowest BCUT2D eigenvalue weighted by atomic mass is 10.0. The number of oxazole rings is 1. The van der Waals surface area contributed by atoms with E-state index in [2.05, 4.69) is 4.98 Å². The fraction of sp³-hybridized carbons (Fsp3) is 0.182. The first-order chi connectivity index (χ1) is 6.68. The van der Waals surface area contributed by atoms with Gasteiger partial charge in [0, 0.05) is 11.3 Å². The fourth-order valence-corrected chi connectivity index (χ4v) is 1.48. The number of hydrogen-bond donors (Lipinski definition) is 1. The highest BCUT2D eigenvalue weighted by molar-refractivity contribution is 5.66. The fourth-order valence-electron chi connectivity index (χ4n) is 1.48. The van der Waals surface area contributed by atoms with Crippen molar-refractivity contribution in [2.24, 2.45) is 0 Å². The molecule has 0 atom stereocenters. The molecule has 0 saturated heterocycles. The normalized spacial score (nSPS) is 10.4. The summed E-state index contributed by atoms with van der Waals surface area (Å²) in [5.41, 5.74) is 9.85. The Kier molecular flexibility index (Phi) is 2.00. The van der Waals surface area contributed by atoms with Crippen LogP contribution in [0.3, 0.4) is 0 Å². The van der Waals surface area contributed by atoms with Crippen molar-refractivity contribution in [2.45, 2.75) is 13.8 Å². The lowest BCUT2D eigenvalue weighted by Crippen LogP contribution is -1.93. The molecule has 1 aromatic heterocycles. The summed E-state index contributed by atoms with van der Waals surface area (Å²) in [6.07, 6.45) is 3.13. The van der Waals surface area contributed by atoms with E-state index in [1.807, 2.05) is 26.0 Å². The number of nitrogens with two attached hydrogens (primary N) is 1. The Hall–Kier alpha value is -1.77. The molecule has 0 aliphatic rings. The van der Waals surface area contributed by atoms with Crippen molar-refractivity contribution in [3.63, 3.8) is 0 Å². The highest BCUT2D eigenvalue weighted by atomic mass is 16.3. The van der Waals surface area contributed by atoms with Crippen LogP contribution in [0.2, 0.25) is 0 Å². The molecule has 14 heavy (non-hydrogen) atoms. The van der Waals surface area contributed by atoms with E-state index in [9.17, 15) is 0 Å².